The molecule has 3 N–H and O–H groups in total. The standard InChI is InChI=1S/C12H17N3O2/c1-12(7-17-8-12)6-15-11(16)9-2-3-14-10(4-9)5-13/h2-4H,5-8,13H2,1H3,(H,15,16). The molecule has 2 rings (SSSR count). The van der Waals surface area contributed by atoms with E-state index in [1.54, 1.807) is 18.3 Å². The summed E-state index contributed by atoms with van der Waals surface area (Å²) >= 11 is 0. The molecule has 1 aliphatic rings. The first-order valence-corrected chi connectivity index (χ1v) is 5.64. The van der Waals surface area contributed by atoms with Gasteiger partial charge in [-0.1, -0.05) is 6.92 Å². The Morgan fingerprint density at radius 3 is 3.00 bits per heavy atom. The Bertz CT molecular complexity index is 416. The topological polar surface area (TPSA) is 77.2 Å². The van der Waals surface area contributed by atoms with E-state index in [0.717, 1.165) is 5.69 Å². The van der Waals surface area contributed by atoms with E-state index < -0.39 is 0 Å². The van der Waals surface area contributed by atoms with Crippen LogP contribution in [0.15, 0.2) is 18.3 Å². The number of nitrogens with two attached hydrogens (primary N) is 1. The molecule has 0 bridgehead atoms. The number of amides is 1. The number of pyridine rings is 1. The molecule has 17 heavy (non-hydrogen) atoms. The number of hydrogen-bond donors (Lipinski definition) is 2. The molecule has 2 heterocycles. The zero-order valence-electron chi connectivity index (χ0n) is 9.90. The van der Waals surface area contributed by atoms with E-state index >= 15 is 0 Å². The highest BCUT2D eigenvalue weighted by Crippen LogP contribution is 2.25. The van der Waals surface area contributed by atoms with Crippen LogP contribution in [0, 0.1) is 5.41 Å². The molecule has 1 aliphatic heterocycles. The van der Waals surface area contributed by atoms with Gasteiger partial charge in [0.2, 0.25) is 0 Å². The summed E-state index contributed by atoms with van der Waals surface area (Å²) in [7, 11) is 0. The van der Waals surface area contributed by atoms with Crippen LogP contribution in [0.1, 0.15) is 23.0 Å². The number of rotatable bonds is 4. The number of nitrogens with one attached hydrogen (secondary N) is 1. The van der Waals surface area contributed by atoms with Crippen molar-refractivity contribution in [3.8, 4) is 0 Å². The van der Waals surface area contributed by atoms with Gasteiger partial charge in [0.15, 0.2) is 0 Å². The molecular formula is C12H17N3O2. The van der Waals surface area contributed by atoms with Crippen LogP contribution in [0.5, 0.6) is 0 Å². The van der Waals surface area contributed by atoms with E-state index in [-0.39, 0.29) is 11.3 Å². The lowest BCUT2D eigenvalue weighted by molar-refractivity contribution is -0.0978. The van der Waals surface area contributed by atoms with Crippen LogP contribution in [-0.4, -0.2) is 30.6 Å². The molecule has 5 nitrogen and oxygen atoms in total. The van der Waals surface area contributed by atoms with Crippen molar-refractivity contribution in [3.05, 3.63) is 29.6 Å². The zero-order valence-corrected chi connectivity index (χ0v) is 9.90. The molecule has 0 aliphatic carbocycles. The molecule has 0 atom stereocenters. The first kappa shape index (κ1) is 12.0. The SMILES string of the molecule is CC1(CNC(=O)c2ccnc(CN)c2)COC1. The maximum absolute atomic E-state index is 11.9. The molecule has 5 heteroatoms. The summed E-state index contributed by atoms with van der Waals surface area (Å²) in [5.41, 5.74) is 6.88. The highest BCUT2D eigenvalue weighted by molar-refractivity contribution is 5.94. The molecule has 0 unspecified atom stereocenters. The lowest BCUT2D eigenvalue weighted by Gasteiger charge is -2.38. The van der Waals surface area contributed by atoms with Gasteiger partial charge in [-0.3, -0.25) is 9.78 Å². The maximum atomic E-state index is 11.9. The second kappa shape index (κ2) is 4.81. The predicted molar refractivity (Wildman–Crippen MR) is 63.4 cm³/mol. The Morgan fingerprint density at radius 1 is 1.65 bits per heavy atom. The van der Waals surface area contributed by atoms with Crippen molar-refractivity contribution in [2.24, 2.45) is 11.1 Å². The van der Waals surface area contributed by atoms with E-state index in [2.05, 4.69) is 17.2 Å². The van der Waals surface area contributed by atoms with Crippen LogP contribution in [0.25, 0.3) is 0 Å². The molecular weight excluding hydrogens is 218 g/mol. The molecule has 0 radical (unpaired) electrons. The second-order valence-electron chi connectivity index (χ2n) is 4.73. The minimum absolute atomic E-state index is 0.0827. The van der Waals surface area contributed by atoms with Gasteiger partial charge in [-0.25, -0.2) is 0 Å². The van der Waals surface area contributed by atoms with Gasteiger partial charge < -0.3 is 15.8 Å². The average Bonchev–Trinajstić information content (AvgIpc) is 2.33. The van der Waals surface area contributed by atoms with Crippen molar-refractivity contribution in [2.45, 2.75) is 13.5 Å². The van der Waals surface area contributed by atoms with Gasteiger partial charge in [0, 0.05) is 30.3 Å². The third-order valence-corrected chi connectivity index (χ3v) is 2.86. The first-order valence-electron chi connectivity index (χ1n) is 5.64. The highest BCUT2D eigenvalue weighted by Gasteiger charge is 2.33. The van der Waals surface area contributed by atoms with E-state index in [1.165, 1.54) is 0 Å². The van der Waals surface area contributed by atoms with Crippen LogP contribution < -0.4 is 11.1 Å². The summed E-state index contributed by atoms with van der Waals surface area (Å²) in [6, 6.07) is 3.41. The summed E-state index contributed by atoms with van der Waals surface area (Å²) in [6.45, 7) is 4.47. The molecule has 1 amide bonds. The van der Waals surface area contributed by atoms with E-state index in [4.69, 9.17) is 10.5 Å². The Labute approximate surface area is 100 Å². The summed E-state index contributed by atoms with van der Waals surface area (Å²) in [5, 5.41) is 2.91. The van der Waals surface area contributed by atoms with Crippen molar-refractivity contribution in [1.29, 1.82) is 0 Å². The van der Waals surface area contributed by atoms with E-state index in [0.29, 0.717) is 31.9 Å². The average molecular weight is 235 g/mol. The van der Waals surface area contributed by atoms with Crippen molar-refractivity contribution in [1.82, 2.24) is 10.3 Å². The van der Waals surface area contributed by atoms with Crippen LogP contribution in [-0.2, 0) is 11.3 Å². The first-order chi connectivity index (χ1) is 8.13. The molecule has 1 aromatic heterocycles. The van der Waals surface area contributed by atoms with Crippen molar-refractivity contribution < 1.29 is 9.53 Å². The van der Waals surface area contributed by atoms with Crippen molar-refractivity contribution in [3.63, 3.8) is 0 Å². The molecule has 92 valence electrons. The van der Waals surface area contributed by atoms with Gasteiger partial charge >= 0.3 is 0 Å². The zero-order chi connectivity index (χ0) is 12.3. The van der Waals surface area contributed by atoms with Crippen LogP contribution in [0.4, 0.5) is 0 Å². The van der Waals surface area contributed by atoms with Gasteiger partial charge in [-0.15, -0.1) is 0 Å². The van der Waals surface area contributed by atoms with Gasteiger partial charge in [0.1, 0.15) is 0 Å². The minimum Gasteiger partial charge on any atom is -0.380 e. The summed E-state index contributed by atoms with van der Waals surface area (Å²) < 4.78 is 5.13. The Kier molecular flexibility index (Phi) is 3.40. The van der Waals surface area contributed by atoms with Crippen molar-refractivity contribution in [2.75, 3.05) is 19.8 Å². The summed E-state index contributed by atoms with van der Waals surface area (Å²) in [6.07, 6.45) is 1.60. The Hall–Kier alpha value is -1.46. The monoisotopic (exact) mass is 235 g/mol. The minimum atomic E-state index is -0.0878. The molecule has 1 saturated heterocycles. The largest absolute Gasteiger partial charge is 0.380 e. The third-order valence-electron chi connectivity index (χ3n) is 2.86. The Balaban J connectivity index is 1.94. The molecule has 1 aromatic rings. The van der Waals surface area contributed by atoms with E-state index in [1.807, 2.05) is 0 Å². The molecule has 0 saturated carbocycles. The highest BCUT2D eigenvalue weighted by atomic mass is 16.5. The number of hydrogen-bond acceptors (Lipinski definition) is 4. The molecule has 0 spiro atoms. The summed E-state index contributed by atoms with van der Waals surface area (Å²) in [4.78, 5) is 15.9. The van der Waals surface area contributed by atoms with Crippen LogP contribution >= 0.6 is 0 Å². The van der Waals surface area contributed by atoms with Gasteiger partial charge in [0.05, 0.1) is 18.9 Å². The van der Waals surface area contributed by atoms with Crippen LogP contribution in [0.3, 0.4) is 0 Å². The normalized spacial score (nSPS) is 17.3. The lowest BCUT2D eigenvalue weighted by atomic mass is 9.89. The maximum Gasteiger partial charge on any atom is 0.251 e. The number of nitrogens with zero attached hydrogens (tertiary/aromatic N) is 1. The summed E-state index contributed by atoms with van der Waals surface area (Å²) in [5.74, 6) is -0.0878. The molecule has 1 fully saturated rings. The number of carbonyl (C=O) groups excluding carboxylic acids is 1. The Morgan fingerprint density at radius 2 is 2.41 bits per heavy atom. The molecule has 0 aromatic carbocycles. The van der Waals surface area contributed by atoms with Gasteiger partial charge in [-0.05, 0) is 12.1 Å². The van der Waals surface area contributed by atoms with Gasteiger partial charge in [-0.2, -0.15) is 0 Å². The van der Waals surface area contributed by atoms with Gasteiger partial charge in [0.25, 0.3) is 5.91 Å². The predicted octanol–water partition coefficient (Wildman–Crippen LogP) is 0.307. The fraction of sp³-hybridized carbons (Fsp3) is 0.500. The quantitative estimate of drug-likeness (QED) is 0.787. The fourth-order valence-electron chi connectivity index (χ4n) is 1.68. The van der Waals surface area contributed by atoms with Crippen LogP contribution in [0.2, 0.25) is 0 Å². The number of aromatic nitrogens is 1. The second-order valence-corrected chi connectivity index (χ2v) is 4.73. The lowest BCUT2D eigenvalue weighted by Crippen LogP contribution is -2.48. The fourth-order valence-corrected chi connectivity index (χ4v) is 1.68. The third kappa shape index (κ3) is 2.81. The number of ether oxygens (including phenoxy) is 1. The van der Waals surface area contributed by atoms with Crippen molar-refractivity contribution >= 4 is 5.91 Å². The number of carbonyl (C=O) groups is 1. The van der Waals surface area contributed by atoms with E-state index in [9.17, 15) is 4.79 Å². The smallest absolute Gasteiger partial charge is 0.251 e.